The summed E-state index contributed by atoms with van der Waals surface area (Å²) in [6.45, 7) is 13.5. The number of hydrogen-bond donors (Lipinski definition) is 1. The van der Waals surface area contributed by atoms with Gasteiger partial charge in [-0.3, -0.25) is 0 Å². The van der Waals surface area contributed by atoms with E-state index in [-0.39, 0.29) is 0 Å². The Kier molecular flexibility index (Phi) is 9.87. The number of likely N-dealkylation sites (N-methyl/N-ethyl adjacent to an activating group) is 1. The van der Waals surface area contributed by atoms with Crippen molar-refractivity contribution in [3.8, 4) is 5.75 Å². The van der Waals surface area contributed by atoms with Crippen LogP contribution in [0.25, 0.3) is 0 Å². The Morgan fingerprint density at radius 2 is 1.81 bits per heavy atom. The summed E-state index contributed by atoms with van der Waals surface area (Å²) in [7, 11) is 0. The standard InChI is InChI=1S/C17H30N2O2/c1-4-19(5-2)12-11-18-15-16-9-7-8-10-17(16)21-14-13-20-6-3/h7-10,18H,4-6,11-15H2,1-3H3. The summed E-state index contributed by atoms with van der Waals surface area (Å²) in [5, 5.41) is 3.49. The molecule has 1 N–H and O–H groups in total. The van der Waals surface area contributed by atoms with Gasteiger partial charge in [-0.25, -0.2) is 0 Å². The highest BCUT2D eigenvalue weighted by Crippen LogP contribution is 2.17. The van der Waals surface area contributed by atoms with Gasteiger partial charge in [0.25, 0.3) is 0 Å². The number of ether oxygens (including phenoxy) is 2. The van der Waals surface area contributed by atoms with E-state index in [1.165, 1.54) is 5.56 Å². The van der Waals surface area contributed by atoms with Gasteiger partial charge in [-0.15, -0.1) is 0 Å². The number of nitrogens with one attached hydrogen (secondary N) is 1. The van der Waals surface area contributed by atoms with E-state index >= 15 is 0 Å². The van der Waals surface area contributed by atoms with Crippen LogP contribution in [-0.4, -0.2) is 50.9 Å². The van der Waals surface area contributed by atoms with Crippen molar-refractivity contribution >= 4 is 0 Å². The van der Waals surface area contributed by atoms with Crippen LogP contribution in [0.1, 0.15) is 26.3 Å². The van der Waals surface area contributed by atoms with E-state index in [2.05, 4.69) is 36.2 Å². The lowest BCUT2D eigenvalue weighted by atomic mass is 10.2. The van der Waals surface area contributed by atoms with Crippen LogP contribution in [0.3, 0.4) is 0 Å². The lowest BCUT2D eigenvalue weighted by Gasteiger charge is -2.18. The van der Waals surface area contributed by atoms with E-state index in [1.807, 2.05) is 19.1 Å². The molecule has 0 aliphatic rings. The van der Waals surface area contributed by atoms with Crippen molar-refractivity contribution in [2.45, 2.75) is 27.3 Å². The normalized spacial score (nSPS) is 11.0. The van der Waals surface area contributed by atoms with Gasteiger partial charge < -0.3 is 19.7 Å². The van der Waals surface area contributed by atoms with E-state index in [9.17, 15) is 0 Å². The first-order chi connectivity index (χ1) is 10.3. The van der Waals surface area contributed by atoms with Crippen LogP contribution in [0.15, 0.2) is 24.3 Å². The third-order valence-electron chi connectivity index (χ3n) is 3.48. The highest BCUT2D eigenvalue weighted by atomic mass is 16.5. The molecular weight excluding hydrogens is 264 g/mol. The maximum absolute atomic E-state index is 5.78. The van der Waals surface area contributed by atoms with Gasteiger partial charge in [-0.2, -0.15) is 0 Å². The molecular formula is C17H30N2O2. The Bertz CT molecular complexity index is 368. The molecule has 0 saturated heterocycles. The van der Waals surface area contributed by atoms with E-state index in [1.54, 1.807) is 0 Å². The summed E-state index contributed by atoms with van der Waals surface area (Å²) < 4.78 is 11.1. The highest BCUT2D eigenvalue weighted by molar-refractivity contribution is 5.33. The predicted molar refractivity (Wildman–Crippen MR) is 87.9 cm³/mol. The molecule has 0 spiro atoms. The molecule has 0 atom stereocenters. The predicted octanol–water partition coefficient (Wildman–Crippen LogP) is 2.53. The van der Waals surface area contributed by atoms with E-state index < -0.39 is 0 Å². The summed E-state index contributed by atoms with van der Waals surface area (Å²) in [5.74, 6) is 0.951. The monoisotopic (exact) mass is 294 g/mol. The molecule has 0 amide bonds. The molecule has 4 nitrogen and oxygen atoms in total. The van der Waals surface area contributed by atoms with Gasteiger partial charge in [-0.05, 0) is 26.1 Å². The van der Waals surface area contributed by atoms with Crippen LogP contribution in [0, 0.1) is 0 Å². The number of para-hydroxylation sites is 1. The minimum atomic E-state index is 0.601. The quantitative estimate of drug-likeness (QED) is 0.601. The van der Waals surface area contributed by atoms with E-state index in [0.29, 0.717) is 13.2 Å². The van der Waals surface area contributed by atoms with Crippen LogP contribution in [-0.2, 0) is 11.3 Å². The van der Waals surface area contributed by atoms with Crippen LogP contribution >= 0.6 is 0 Å². The molecule has 0 heterocycles. The zero-order chi connectivity index (χ0) is 15.3. The second-order valence-electron chi connectivity index (χ2n) is 4.86. The number of hydrogen-bond acceptors (Lipinski definition) is 4. The molecule has 0 radical (unpaired) electrons. The van der Waals surface area contributed by atoms with Crippen LogP contribution in [0.5, 0.6) is 5.75 Å². The molecule has 0 fully saturated rings. The third kappa shape index (κ3) is 7.46. The minimum Gasteiger partial charge on any atom is -0.491 e. The molecule has 1 aromatic rings. The highest BCUT2D eigenvalue weighted by Gasteiger charge is 2.03. The molecule has 1 aromatic carbocycles. The second kappa shape index (κ2) is 11.5. The zero-order valence-electron chi connectivity index (χ0n) is 13.7. The molecule has 21 heavy (non-hydrogen) atoms. The fraction of sp³-hybridized carbons (Fsp3) is 0.647. The Morgan fingerprint density at radius 1 is 1.05 bits per heavy atom. The molecule has 0 saturated carbocycles. The van der Waals surface area contributed by atoms with Crippen molar-refractivity contribution < 1.29 is 9.47 Å². The summed E-state index contributed by atoms with van der Waals surface area (Å²) in [5.41, 5.74) is 1.20. The first kappa shape index (κ1) is 18.0. The fourth-order valence-electron chi connectivity index (χ4n) is 2.15. The van der Waals surface area contributed by atoms with Crippen LogP contribution in [0.4, 0.5) is 0 Å². The maximum Gasteiger partial charge on any atom is 0.123 e. The van der Waals surface area contributed by atoms with Gasteiger partial charge in [0, 0.05) is 31.8 Å². The lowest BCUT2D eigenvalue weighted by Crippen LogP contribution is -2.31. The largest absolute Gasteiger partial charge is 0.491 e. The molecule has 120 valence electrons. The second-order valence-corrected chi connectivity index (χ2v) is 4.86. The molecule has 0 bridgehead atoms. The SMILES string of the molecule is CCOCCOc1ccccc1CNCCN(CC)CC. The molecule has 0 aliphatic heterocycles. The first-order valence-electron chi connectivity index (χ1n) is 8.03. The maximum atomic E-state index is 5.78. The summed E-state index contributed by atoms with van der Waals surface area (Å²) in [6, 6.07) is 8.19. The van der Waals surface area contributed by atoms with Crippen molar-refractivity contribution in [3.05, 3.63) is 29.8 Å². The summed E-state index contributed by atoms with van der Waals surface area (Å²) in [4.78, 5) is 2.41. The van der Waals surface area contributed by atoms with Gasteiger partial charge in [0.2, 0.25) is 0 Å². The van der Waals surface area contributed by atoms with Crippen LogP contribution in [0.2, 0.25) is 0 Å². The van der Waals surface area contributed by atoms with Crippen molar-refractivity contribution in [2.75, 3.05) is 46.0 Å². The van der Waals surface area contributed by atoms with E-state index in [0.717, 1.165) is 45.1 Å². The summed E-state index contributed by atoms with van der Waals surface area (Å²) >= 11 is 0. The first-order valence-corrected chi connectivity index (χ1v) is 8.03. The smallest absolute Gasteiger partial charge is 0.123 e. The minimum absolute atomic E-state index is 0.601. The average Bonchev–Trinajstić information content (AvgIpc) is 2.53. The van der Waals surface area contributed by atoms with Crippen molar-refractivity contribution in [1.82, 2.24) is 10.2 Å². The number of rotatable bonds is 12. The summed E-state index contributed by atoms with van der Waals surface area (Å²) in [6.07, 6.45) is 0. The number of benzene rings is 1. The fourth-order valence-corrected chi connectivity index (χ4v) is 2.15. The Hall–Kier alpha value is -1.10. The van der Waals surface area contributed by atoms with Gasteiger partial charge in [0.15, 0.2) is 0 Å². The lowest BCUT2D eigenvalue weighted by molar-refractivity contribution is 0.110. The van der Waals surface area contributed by atoms with Gasteiger partial charge >= 0.3 is 0 Å². The van der Waals surface area contributed by atoms with Gasteiger partial charge in [0.05, 0.1) is 6.61 Å². The topological polar surface area (TPSA) is 33.7 Å². The number of nitrogens with zero attached hydrogens (tertiary/aromatic N) is 1. The molecule has 4 heteroatoms. The third-order valence-corrected chi connectivity index (χ3v) is 3.48. The molecule has 0 aromatic heterocycles. The molecule has 1 rings (SSSR count). The average molecular weight is 294 g/mol. The van der Waals surface area contributed by atoms with Gasteiger partial charge in [0.1, 0.15) is 12.4 Å². The van der Waals surface area contributed by atoms with Crippen molar-refractivity contribution in [3.63, 3.8) is 0 Å². The van der Waals surface area contributed by atoms with E-state index in [4.69, 9.17) is 9.47 Å². The molecule has 0 aliphatic carbocycles. The Morgan fingerprint density at radius 3 is 2.52 bits per heavy atom. The molecule has 0 unspecified atom stereocenters. The van der Waals surface area contributed by atoms with Crippen LogP contribution < -0.4 is 10.1 Å². The Labute approximate surface area is 129 Å². The van der Waals surface area contributed by atoms with Crippen molar-refractivity contribution in [2.24, 2.45) is 0 Å². The van der Waals surface area contributed by atoms with Gasteiger partial charge in [-0.1, -0.05) is 32.0 Å². The zero-order valence-corrected chi connectivity index (χ0v) is 13.7. The Balaban J connectivity index is 2.33. The van der Waals surface area contributed by atoms with Crippen molar-refractivity contribution in [1.29, 1.82) is 0 Å².